The van der Waals surface area contributed by atoms with Gasteiger partial charge >= 0.3 is 0 Å². The lowest BCUT2D eigenvalue weighted by molar-refractivity contribution is 0.135. The summed E-state index contributed by atoms with van der Waals surface area (Å²) in [5.74, 6) is 0.849. The third-order valence-electron chi connectivity index (χ3n) is 3.73. The lowest BCUT2D eigenvalue weighted by atomic mass is 10.00. The van der Waals surface area contributed by atoms with Gasteiger partial charge in [0, 0.05) is 12.1 Å². The molecule has 1 aromatic heterocycles. The van der Waals surface area contributed by atoms with Gasteiger partial charge in [0.15, 0.2) is 5.82 Å². The average molecular weight is 313 g/mol. The second kappa shape index (κ2) is 5.45. The summed E-state index contributed by atoms with van der Waals surface area (Å²) in [6.45, 7) is 6.50. The molecule has 1 aromatic rings. The van der Waals surface area contributed by atoms with Crippen LogP contribution in [-0.4, -0.2) is 22.1 Å². The van der Waals surface area contributed by atoms with E-state index < -0.39 is 0 Å². The van der Waals surface area contributed by atoms with Crippen LogP contribution in [0, 0.1) is 6.92 Å². The van der Waals surface area contributed by atoms with Crippen molar-refractivity contribution < 1.29 is 0 Å². The smallest absolute Gasteiger partial charge is 0.155 e. The molecule has 4 nitrogen and oxygen atoms in total. The number of rotatable bonds is 2. The molecule has 0 bridgehead atoms. The van der Waals surface area contributed by atoms with Crippen molar-refractivity contribution in [2.75, 3.05) is 11.2 Å². The Labute approximate surface area is 117 Å². The minimum absolute atomic E-state index is 0.528. The molecular weight excluding hydrogens is 292 g/mol. The minimum Gasteiger partial charge on any atom is -0.397 e. The normalized spacial score (nSPS) is 25.1. The molecule has 0 saturated carbocycles. The van der Waals surface area contributed by atoms with Gasteiger partial charge in [0.1, 0.15) is 0 Å². The number of hydrogen-bond donors (Lipinski definition) is 2. The van der Waals surface area contributed by atoms with Gasteiger partial charge in [0.25, 0.3) is 0 Å². The summed E-state index contributed by atoms with van der Waals surface area (Å²) < 4.78 is 0.951. The van der Waals surface area contributed by atoms with Gasteiger partial charge in [-0.15, -0.1) is 0 Å². The van der Waals surface area contributed by atoms with E-state index in [9.17, 15) is 0 Å². The molecule has 0 aromatic carbocycles. The van der Waals surface area contributed by atoms with Gasteiger partial charge in [0.2, 0.25) is 0 Å². The lowest BCUT2D eigenvalue weighted by Gasteiger charge is -2.39. The third kappa shape index (κ3) is 2.62. The molecule has 2 unspecified atom stereocenters. The lowest BCUT2D eigenvalue weighted by Crippen LogP contribution is -2.47. The van der Waals surface area contributed by atoms with Crippen molar-refractivity contribution in [3.63, 3.8) is 0 Å². The third-order valence-corrected chi connectivity index (χ3v) is 4.70. The Bertz CT molecular complexity index is 425. The number of hydrogen-bond acceptors (Lipinski definition) is 4. The van der Waals surface area contributed by atoms with E-state index in [2.05, 4.69) is 45.2 Å². The Kier molecular flexibility index (Phi) is 4.12. The Balaban J connectivity index is 2.20. The second-order valence-electron chi connectivity index (χ2n) is 5.15. The maximum atomic E-state index is 5.84. The molecule has 2 atom stereocenters. The predicted octanol–water partition coefficient (Wildman–Crippen LogP) is 3.32. The molecule has 3 N–H and O–H groups in total. The first-order valence-electron chi connectivity index (χ1n) is 6.46. The number of hydrazine groups is 1. The van der Waals surface area contributed by atoms with Crippen LogP contribution in [0.5, 0.6) is 0 Å². The fraction of sp³-hybridized carbons (Fsp3) is 0.615. The zero-order valence-corrected chi connectivity index (χ0v) is 12.8. The van der Waals surface area contributed by atoms with Crippen molar-refractivity contribution in [2.24, 2.45) is 0 Å². The monoisotopic (exact) mass is 312 g/mol. The molecule has 1 fully saturated rings. The molecule has 5 heteroatoms. The summed E-state index contributed by atoms with van der Waals surface area (Å²) in [5, 5.41) is 2.30. The summed E-state index contributed by atoms with van der Waals surface area (Å²) in [4.78, 5) is 4.38. The number of nitrogens with one attached hydrogen (secondary N) is 1. The molecular formula is C13H21BrN4. The summed E-state index contributed by atoms with van der Waals surface area (Å²) in [5.41, 5.74) is 11.0. The van der Waals surface area contributed by atoms with E-state index in [1.165, 1.54) is 19.3 Å². The summed E-state index contributed by atoms with van der Waals surface area (Å²) in [6, 6.07) is 1.06. The average Bonchev–Trinajstić information content (AvgIpc) is 2.34. The van der Waals surface area contributed by atoms with Crippen LogP contribution in [0.4, 0.5) is 11.5 Å². The molecule has 18 heavy (non-hydrogen) atoms. The van der Waals surface area contributed by atoms with E-state index in [0.717, 1.165) is 15.9 Å². The molecule has 0 spiro atoms. The highest BCUT2D eigenvalue weighted by atomic mass is 79.9. The van der Waals surface area contributed by atoms with Crippen molar-refractivity contribution in [3.05, 3.63) is 16.2 Å². The van der Waals surface area contributed by atoms with E-state index in [1.54, 1.807) is 6.20 Å². The van der Waals surface area contributed by atoms with E-state index in [4.69, 9.17) is 5.73 Å². The molecule has 2 heterocycles. The number of nitrogens with two attached hydrogens (primary N) is 1. The number of pyridine rings is 1. The number of halogens is 1. The number of nitrogen functional groups attached to an aromatic ring is 1. The molecule has 1 aliphatic rings. The first kappa shape index (κ1) is 13.6. The topological polar surface area (TPSA) is 54.2 Å². The maximum absolute atomic E-state index is 5.84. The van der Waals surface area contributed by atoms with Crippen LogP contribution in [0.1, 0.15) is 38.7 Å². The summed E-state index contributed by atoms with van der Waals surface area (Å²) >= 11 is 3.57. The highest BCUT2D eigenvalue weighted by Crippen LogP contribution is 2.30. The molecule has 100 valence electrons. The van der Waals surface area contributed by atoms with Gasteiger partial charge in [-0.05, 0) is 55.1 Å². The van der Waals surface area contributed by atoms with Crippen molar-refractivity contribution in [1.29, 1.82) is 0 Å². The zero-order valence-electron chi connectivity index (χ0n) is 11.2. The van der Waals surface area contributed by atoms with Crippen LogP contribution >= 0.6 is 15.9 Å². The molecule has 0 radical (unpaired) electrons. The first-order chi connectivity index (χ1) is 8.50. The van der Waals surface area contributed by atoms with E-state index in [-0.39, 0.29) is 0 Å². The number of piperidine rings is 1. The summed E-state index contributed by atoms with van der Waals surface area (Å²) in [6.07, 6.45) is 5.46. The molecule has 0 amide bonds. The van der Waals surface area contributed by atoms with Crippen LogP contribution in [0.3, 0.4) is 0 Å². The fourth-order valence-electron chi connectivity index (χ4n) is 2.43. The van der Waals surface area contributed by atoms with E-state index in [0.29, 0.717) is 17.8 Å². The van der Waals surface area contributed by atoms with Crippen molar-refractivity contribution >= 4 is 27.4 Å². The largest absolute Gasteiger partial charge is 0.397 e. The van der Waals surface area contributed by atoms with Crippen molar-refractivity contribution in [2.45, 2.75) is 52.1 Å². The minimum atomic E-state index is 0.528. The van der Waals surface area contributed by atoms with Crippen LogP contribution in [0.2, 0.25) is 0 Å². The molecule has 1 saturated heterocycles. The van der Waals surface area contributed by atoms with Crippen LogP contribution in [-0.2, 0) is 0 Å². The van der Waals surface area contributed by atoms with Crippen LogP contribution < -0.4 is 11.2 Å². The van der Waals surface area contributed by atoms with Crippen LogP contribution in [0.25, 0.3) is 0 Å². The Morgan fingerprint density at radius 1 is 1.39 bits per heavy atom. The van der Waals surface area contributed by atoms with E-state index in [1.807, 2.05) is 6.92 Å². The Morgan fingerprint density at radius 2 is 2.00 bits per heavy atom. The van der Waals surface area contributed by atoms with Gasteiger partial charge in [-0.1, -0.05) is 6.42 Å². The first-order valence-corrected chi connectivity index (χ1v) is 7.25. The van der Waals surface area contributed by atoms with Crippen LogP contribution in [0.15, 0.2) is 10.7 Å². The van der Waals surface area contributed by atoms with Gasteiger partial charge in [-0.25, -0.2) is 9.99 Å². The maximum Gasteiger partial charge on any atom is 0.155 e. The molecule has 1 aliphatic heterocycles. The fourth-order valence-corrected chi connectivity index (χ4v) is 2.85. The quantitative estimate of drug-likeness (QED) is 0.879. The predicted molar refractivity (Wildman–Crippen MR) is 79.3 cm³/mol. The SMILES string of the molecule is Cc1c(N)cnc(NN2C(C)CCCC2C)c1Br. The van der Waals surface area contributed by atoms with Crippen molar-refractivity contribution in [1.82, 2.24) is 9.99 Å². The Morgan fingerprint density at radius 3 is 2.61 bits per heavy atom. The highest BCUT2D eigenvalue weighted by molar-refractivity contribution is 9.10. The van der Waals surface area contributed by atoms with E-state index >= 15 is 0 Å². The second-order valence-corrected chi connectivity index (χ2v) is 5.94. The zero-order chi connectivity index (χ0) is 13.3. The number of anilines is 2. The Hall–Kier alpha value is -0.810. The van der Waals surface area contributed by atoms with Gasteiger partial charge in [-0.3, -0.25) is 0 Å². The van der Waals surface area contributed by atoms with Gasteiger partial charge in [0.05, 0.1) is 16.4 Å². The summed E-state index contributed by atoms with van der Waals surface area (Å²) in [7, 11) is 0. The number of nitrogens with zero attached hydrogens (tertiary/aromatic N) is 2. The molecule has 2 rings (SSSR count). The standard InChI is InChI=1S/C13H21BrN4/c1-8-5-4-6-9(2)18(8)17-13-12(14)10(3)11(15)7-16-13/h7-9H,4-6,15H2,1-3H3,(H,16,17). The highest BCUT2D eigenvalue weighted by Gasteiger charge is 2.25. The van der Waals surface area contributed by atoms with Gasteiger partial charge < -0.3 is 11.2 Å². The molecule has 0 aliphatic carbocycles. The van der Waals surface area contributed by atoms with Crippen molar-refractivity contribution in [3.8, 4) is 0 Å². The van der Waals surface area contributed by atoms with Gasteiger partial charge in [-0.2, -0.15) is 0 Å². The number of aromatic nitrogens is 1.